The van der Waals surface area contributed by atoms with Crippen LogP contribution in [0.5, 0.6) is 0 Å². The summed E-state index contributed by atoms with van der Waals surface area (Å²) in [5.41, 5.74) is -0.213. The van der Waals surface area contributed by atoms with Crippen LogP contribution in [0.25, 0.3) is 0 Å². The predicted molar refractivity (Wildman–Crippen MR) is 78.4 cm³/mol. The van der Waals surface area contributed by atoms with Crippen molar-refractivity contribution in [2.45, 2.75) is 46.1 Å². The van der Waals surface area contributed by atoms with Gasteiger partial charge in [0.1, 0.15) is 6.04 Å². The quantitative estimate of drug-likeness (QED) is 0.721. The molecule has 114 valence electrons. The molecule has 1 unspecified atom stereocenters. The monoisotopic (exact) mass is 281 g/mol. The van der Waals surface area contributed by atoms with Gasteiger partial charge in [-0.2, -0.15) is 5.26 Å². The van der Waals surface area contributed by atoms with Crippen molar-refractivity contribution < 1.29 is 9.90 Å². The van der Waals surface area contributed by atoms with Crippen molar-refractivity contribution in [2.75, 3.05) is 32.7 Å². The number of hydrogen-bond donors (Lipinski definition) is 1. The second-order valence-electron chi connectivity index (χ2n) is 6.34. The number of nitriles is 1. The van der Waals surface area contributed by atoms with E-state index in [1.54, 1.807) is 6.92 Å². The van der Waals surface area contributed by atoms with Crippen LogP contribution in [0, 0.1) is 16.7 Å². The molecule has 1 aliphatic heterocycles. The molecule has 0 bridgehead atoms. The third kappa shape index (κ3) is 5.48. The second-order valence-corrected chi connectivity index (χ2v) is 6.34. The first-order chi connectivity index (χ1) is 9.35. The number of aliphatic carboxylic acids is 1. The molecule has 1 saturated heterocycles. The molecule has 0 aromatic heterocycles. The van der Waals surface area contributed by atoms with Gasteiger partial charge in [0.15, 0.2) is 0 Å². The molecule has 0 aliphatic carbocycles. The molecule has 1 atom stereocenters. The molecule has 0 spiro atoms. The van der Waals surface area contributed by atoms with E-state index >= 15 is 0 Å². The third-order valence-electron chi connectivity index (χ3n) is 4.14. The summed E-state index contributed by atoms with van der Waals surface area (Å²) in [7, 11) is 0. The van der Waals surface area contributed by atoms with Crippen molar-refractivity contribution in [1.29, 1.82) is 5.26 Å². The maximum absolute atomic E-state index is 10.9. The minimum Gasteiger partial charge on any atom is -0.480 e. The lowest BCUT2D eigenvalue weighted by Crippen LogP contribution is -2.51. The molecule has 1 N–H and O–H groups in total. The molecule has 1 heterocycles. The van der Waals surface area contributed by atoms with Crippen LogP contribution in [0.2, 0.25) is 0 Å². The zero-order valence-corrected chi connectivity index (χ0v) is 12.9. The van der Waals surface area contributed by atoms with Gasteiger partial charge < -0.3 is 10.0 Å². The van der Waals surface area contributed by atoms with E-state index in [-0.39, 0.29) is 11.5 Å². The van der Waals surface area contributed by atoms with Gasteiger partial charge in [-0.25, -0.2) is 0 Å². The van der Waals surface area contributed by atoms with Gasteiger partial charge in [0.2, 0.25) is 0 Å². The Bertz CT molecular complexity index is 355. The summed E-state index contributed by atoms with van der Waals surface area (Å²) in [6.45, 7) is 10.3. The lowest BCUT2D eigenvalue weighted by molar-refractivity contribution is -0.143. The molecule has 5 nitrogen and oxygen atoms in total. The highest BCUT2D eigenvalue weighted by atomic mass is 16.4. The lowest BCUT2D eigenvalue weighted by atomic mass is 9.89. The average Bonchev–Trinajstić information content (AvgIpc) is 2.43. The number of hydrogen-bond acceptors (Lipinski definition) is 4. The Hall–Kier alpha value is -1.12. The fourth-order valence-electron chi connectivity index (χ4n) is 2.49. The van der Waals surface area contributed by atoms with E-state index in [0.29, 0.717) is 0 Å². The number of rotatable bonds is 7. The molecule has 0 aromatic carbocycles. The molecule has 1 rings (SSSR count). The Labute approximate surface area is 122 Å². The first-order valence-electron chi connectivity index (χ1n) is 7.46. The van der Waals surface area contributed by atoms with Crippen molar-refractivity contribution in [3.63, 3.8) is 0 Å². The highest BCUT2D eigenvalue weighted by molar-refractivity contribution is 5.72. The van der Waals surface area contributed by atoms with Gasteiger partial charge in [0, 0.05) is 26.2 Å². The normalized spacial score (nSPS) is 19.5. The maximum Gasteiger partial charge on any atom is 0.320 e. The third-order valence-corrected chi connectivity index (χ3v) is 4.14. The van der Waals surface area contributed by atoms with Crippen LogP contribution < -0.4 is 0 Å². The largest absolute Gasteiger partial charge is 0.480 e. The highest BCUT2D eigenvalue weighted by Gasteiger charge is 2.24. The number of carboxylic acids is 1. The fraction of sp³-hybridized carbons (Fsp3) is 0.867. The molecule has 0 amide bonds. The van der Waals surface area contributed by atoms with E-state index in [4.69, 9.17) is 10.4 Å². The van der Waals surface area contributed by atoms with Crippen molar-refractivity contribution in [3.8, 4) is 6.07 Å². The summed E-state index contributed by atoms with van der Waals surface area (Å²) >= 11 is 0. The summed E-state index contributed by atoms with van der Waals surface area (Å²) in [6.07, 6.45) is 3.13. The number of piperazine rings is 1. The van der Waals surface area contributed by atoms with Crippen LogP contribution in [0.15, 0.2) is 0 Å². The summed E-state index contributed by atoms with van der Waals surface area (Å²) in [4.78, 5) is 15.4. The molecule has 20 heavy (non-hydrogen) atoms. The van der Waals surface area contributed by atoms with Gasteiger partial charge in [0.25, 0.3) is 0 Å². The number of nitrogens with zero attached hydrogens (tertiary/aromatic N) is 3. The molecule has 1 aliphatic rings. The minimum atomic E-state index is -0.739. The van der Waals surface area contributed by atoms with Gasteiger partial charge in [-0.15, -0.1) is 0 Å². The van der Waals surface area contributed by atoms with Crippen LogP contribution in [0.1, 0.15) is 40.0 Å². The first-order valence-corrected chi connectivity index (χ1v) is 7.46. The Morgan fingerprint density at radius 2 is 1.90 bits per heavy atom. The number of unbranched alkanes of at least 4 members (excludes halogenated alkanes) is 1. The van der Waals surface area contributed by atoms with Gasteiger partial charge in [-0.05, 0) is 40.2 Å². The highest BCUT2D eigenvalue weighted by Crippen LogP contribution is 2.21. The van der Waals surface area contributed by atoms with E-state index in [0.717, 1.165) is 52.0 Å². The Morgan fingerprint density at radius 3 is 2.40 bits per heavy atom. The van der Waals surface area contributed by atoms with Crippen LogP contribution in [-0.4, -0.2) is 59.6 Å². The van der Waals surface area contributed by atoms with Crippen molar-refractivity contribution in [1.82, 2.24) is 9.80 Å². The molecular formula is C15H27N3O2. The smallest absolute Gasteiger partial charge is 0.320 e. The topological polar surface area (TPSA) is 67.6 Å². The molecular weight excluding hydrogens is 254 g/mol. The Kier molecular flexibility index (Phi) is 6.44. The van der Waals surface area contributed by atoms with Crippen molar-refractivity contribution >= 4 is 5.97 Å². The standard InChI is InChI=1S/C15H27N3O2/c1-13(14(19)20)18-10-8-17(9-11-18)7-5-4-6-15(2,3)12-16/h13H,4-11H2,1-3H3,(H,19,20). The maximum atomic E-state index is 10.9. The van der Waals surface area contributed by atoms with Crippen LogP contribution in [0.4, 0.5) is 0 Å². The lowest BCUT2D eigenvalue weighted by Gasteiger charge is -2.36. The predicted octanol–water partition coefficient (Wildman–Crippen LogP) is 1.80. The van der Waals surface area contributed by atoms with Crippen LogP contribution >= 0.6 is 0 Å². The van der Waals surface area contributed by atoms with Gasteiger partial charge >= 0.3 is 5.97 Å². The van der Waals surface area contributed by atoms with Gasteiger partial charge in [-0.3, -0.25) is 9.69 Å². The van der Waals surface area contributed by atoms with Crippen LogP contribution in [-0.2, 0) is 4.79 Å². The van der Waals surface area contributed by atoms with E-state index in [2.05, 4.69) is 11.0 Å². The Balaban J connectivity index is 2.17. The van der Waals surface area contributed by atoms with E-state index in [9.17, 15) is 4.79 Å². The van der Waals surface area contributed by atoms with Crippen molar-refractivity contribution in [2.24, 2.45) is 5.41 Å². The van der Waals surface area contributed by atoms with E-state index in [1.165, 1.54) is 0 Å². The average molecular weight is 281 g/mol. The molecule has 0 aromatic rings. The summed E-state index contributed by atoms with van der Waals surface area (Å²) in [5.74, 6) is -0.739. The van der Waals surface area contributed by atoms with Gasteiger partial charge in [0.05, 0.1) is 11.5 Å². The second kappa shape index (κ2) is 7.61. The molecule has 1 fully saturated rings. The summed E-state index contributed by atoms with van der Waals surface area (Å²) in [5, 5.41) is 17.9. The summed E-state index contributed by atoms with van der Waals surface area (Å²) < 4.78 is 0. The first kappa shape index (κ1) is 16.9. The van der Waals surface area contributed by atoms with E-state index < -0.39 is 5.97 Å². The molecule has 0 saturated carbocycles. The van der Waals surface area contributed by atoms with Crippen LogP contribution in [0.3, 0.4) is 0 Å². The molecule has 5 heteroatoms. The zero-order chi connectivity index (χ0) is 15.2. The number of carbonyl (C=O) groups is 1. The number of carboxylic acid groups (broad SMARTS) is 1. The van der Waals surface area contributed by atoms with E-state index in [1.807, 2.05) is 18.7 Å². The van der Waals surface area contributed by atoms with Gasteiger partial charge in [-0.1, -0.05) is 6.42 Å². The minimum absolute atomic E-state index is 0.213. The SMILES string of the molecule is CC(C(=O)O)N1CCN(CCCCC(C)(C)C#N)CC1. The fourth-order valence-corrected chi connectivity index (χ4v) is 2.49. The Morgan fingerprint density at radius 1 is 1.30 bits per heavy atom. The zero-order valence-electron chi connectivity index (χ0n) is 12.9. The molecule has 0 radical (unpaired) electrons. The van der Waals surface area contributed by atoms with Crippen molar-refractivity contribution in [3.05, 3.63) is 0 Å². The summed E-state index contributed by atoms with van der Waals surface area (Å²) in [6, 6.07) is 1.95.